The van der Waals surface area contributed by atoms with E-state index < -0.39 is 0 Å². The number of aryl methyl sites for hydroxylation is 1. The van der Waals surface area contributed by atoms with Crippen molar-refractivity contribution in [2.75, 3.05) is 5.32 Å². The molecule has 0 atom stereocenters. The second-order valence-electron chi connectivity index (χ2n) is 4.06. The maximum absolute atomic E-state index is 9.80. The fourth-order valence-corrected chi connectivity index (χ4v) is 2.14. The summed E-state index contributed by atoms with van der Waals surface area (Å²) < 4.78 is 0. The lowest BCUT2D eigenvalue weighted by molar-refractivity contribution is 0.469. The molecule has 0 fully saturated rings. The van der Waals surface area contributed by atoms with Crippen molar-refractivity contribution in [3.05, 3.63) is 57.6 Å². The molecule has 0 aromatic heterocycles. The monoisotopic (exact) mass is 281 g/mol. The second kappa shape index (κ2) is 5.51. The lowest BCUT2D eigenvalue weighted by Gasteiger charge is -2.11. The largest absolute Gasteiger partial charge is 0.506 e. The number of rotatable bonds is 3. The van der Waals surface area contributed by atoms with Gasteiger partial charge in [0.05, 0.1) is 5.02 Å². The van der Waals surface area contributed by atoms with Crippen LogP contribution < -0.4 is 5.32 Å². The zero-order valence-corrected chi connectivity index (χ0v) is 11.4. The summed E-state index contributed by atoms with van der Waals surface area (Å²) in [4.78, 5) is 0. The van der Waals surface area contributed by atoms with E-state index in [2.05, 4.69) is 5.32 Å². The number of anilines is 1. The van der Waals surface area contributed by atoms with Crippen molar-refractivity contribution >= 4 is 28.9 Å². The number of aromatic hydroxyl groups is 1. The number of phenols is 1. The second-order valence-corrected chi connectivity index (χ2v) is 4.90. The summed E-state index contributed by atoms with van der Waals surface area (Å²) in [5.74, 6) is 0.123. The molecule has 2 nitrogen and oxygen atoms in total. The Hall–Kier alpha value is -1.38. The van der Waals surface area contributed by atoms with Crippen molar-refractivity contribution in [3.8, 4) is 5.75 Å². The van der Waals surface area contributed by atoms with Crippen molar-refractivity contribution in [3.63, 3.8) is 0 Å². The van der Waals surface area contributed by atoms with E-state index in [0.717, 1.165) is 16.8 Å². The molecule has 0 unspecified atom stereocenters. The molecule has 0 aliphatic carbocycles. The van der Waals surface area contributed by atoms with Crippen LogP contribution in [0.15, 0.2) is 36.4 Å². The highest BCUT2D eigenvalue weighted by Crippen LogP contribution is 2.28. The minimum absolute atomic E-state index is 0.123. The number of hydrogen-bond donors (Lipinski definition) is 2. The molecule has 0 saturated heterocycles. The maximum atomic E-state index is 9.80. The topological polar surface area (TPSA) is 32.3 Å². The molecule has 0 amide bonds. The number of phenolic OH excluding ortho intramolecular Hbond substituents is 1. The first-order valence-corrected chi connectivity index (χ1v) is 6.30. The first kappa shape index (κ1) is 13.1. The van der Waals surface area contributed by atoms with Crippen LogP contribution in [0.1, 0.15) is 11.1 Å². The first-order chi connectivity index (χ1) is 8.58. The van der Waals surface area contributed by atoms with E-state index in [-0.39, 0.29) is 5.75 Å². The molecule has 0 spiro atoms. The summed E-state index contributed by atoms with van der Waals surface area (Å²) >= 11 is 11.7. The summed E-state index contributed by atoms with van der Waals surface area (Å²) in [7, 11) is 0. The van der Waals surface area contributed by atoms with Gasteiger partial charge in [0.15, 0.2) is 0 Å². The van der Waals surface area contributed by atoms with Crippen LogP contribution in [0.25, 0.3) is 0 Å². The van der Waals surface area contributed by atoms with Gasteiger partial charge in [-0.15, -0.1) is 0 Å². The number of halogens is 2. The molecule has 2 N–H and O–H groups in total. The Kier molecular flexibility index (Phi) is 4.00. The smallest absolute Gasteiger partial charge is 0.139 e. The Morgan fingerprint density at radius 3 is 2.67 bits per heavy atom. The van der Waals surface area contributed by atoms with Gasteiger partial charge < -0.3 is 10.4 Å². The number of para-hydroxylation sites is 1. The van der Waals surface area contributed by atoms with E-state index in [1.807, 2.05) is 37.3 Å². The minimum atomic E-state index is 0.123. The molecule has 0 aliphatic heterocycles. The van der Waals surface area contributed by atoms with E-state index in [1.54, 1.807) is 6.07 Å². The summed E-state index contributed by atoms with van der Waals surface area (Å²) in [6.07, 6.45) is 0. The van der Waals surface area contributed by atoms with Gasteiger partial charge >= 0.3 is 0 Å². The molecule has 18 heavy (non-hydrogen) atoms. The van der Waals surface area contributed by atoms with Gasteiger partial charge in [-0.1, -0.05) is 35.3 Å². The molecular weight excluding hydrogens is 269 g/mol. The minimum Gasteiger partial charge on any atom is -0.506 e. The zero-order chi connectivity index (χ0) is 13.1. The van der Waals surface area contributed by atoms with E-state index in [0.29, 0.717) is 16.6 Å². The predicted molar refractivity (Wildman–Crippen MR) is 76.6 cm³/mol. The maximum Gasteiger partial charge on any atom is 0.139 e. The highest BCUT2D eigenvalue weighted by Gasteiger charge is 2.05. The van der Waals surface area contributed by atoms with Crippen LogP contribution in [0, 0.1) is 6.92 Å². The van der Waals surface area contributed by atoms with Gasteiger partial charge in [0.2, 0.25) is 0 Å². The third-order valence-corrected chi connectivity index (χ3v) is 3.27. The van der Waals surface area contributed by atoms with Crippen molar-refractivity contribution in [2.45, 2.75) is 13.5 Å². The number of nitrogens with one attached hydrogen (secondary N) is 1. The lowest BCUT2D eigenvalue weighted by Crippen LogP contribution is -2.01. The number of hydrogen-bond acceptors (Lipinski definition) is 2. The van der Waals surface area contributed by atoms with Crippen LogP contribution in [0.3, 0.4) is 0 Å². The summed E-state index contributed by atoms with van der Waals surface area (Å²) in [5.41, 5.74) is 2.81. The Balaban J connectivity index is 2.14. The predicted octanol–water partition coefficient (Wildman–Crippen LogP) is 4.62. The number of benzene rings is 2. The van der Waals surface area contributed by atoms with Crippen molar-refractivity contribution in [1.82, 2.24) is 0 Å². The molecule has 2 rings (SSSR count). The van der Waals surface area contributed by atoms with Gasteiger partial charge in [0.25, 0.3) is 0 Å². The summed E-state index contributed by atoms with van der Waals surface area (Å²) in [6.45, 7) is 2.49. The van der Waals surface area contributed by atoms with Gasteiger partial charge in [0, 0.05) is 22.8 Å². The lowest BCUT2D eigenvalue weighted by atomic mass is 10.1. The average molecular weight is 282 g/mol. The molecule has 0 heterocycles. The third kappa shape index (κ3) is 2.89. The van der Waals surface area contributed by atoms with Crippen molar-refractivity contribution < 1.29 is 5.11 Å². The highest BCUT2D eigenvalue weighted by atomic mass is 35.5. The normalized spacial score (nSPS) is 10.4. The van der Waals surface area contributed by atoms with Crippen LogP contribution >= 0.6 is 23.2 Å². The van der Waals surface area contributed by atoms with Gasteiger partial charge in [-0.25, -0.2) is 0 Å². The zero-order valence-electron chi connectivity index (χ0n) is 9.87. The van der Waals surface area contributed by atoms with Crippen LogP contribution in [-0.4, -0.2) is 5.11 Å². The van der Waals surface area contributed by atoms with E-state index in [1.165, 1.54) is 0 Å². The van der Waals surface area contributed by atoms with Crippen LogP contribution in [-0.2, 0) is 6.54 Å². The summed E-state index contributed by atoms with van der Waals surface area (Å²) in [5, 5.41) is 14.1. The highest BCUT2D eigenvalue weighted by molar-refractivity contribution is 6.32. The third-order valence-electron chi connectivity index (χ3n) is 2.73. The quantitative estimate of drug-likeness (QED) is 0.861. The van der Waals surface area contributed by atoms with Crippen LogP contribution in [0.5, 0.6) is 5.75 Å². The van der Waals surface area contributed by atoms with Gasteiger partial charge in [-0.3, -0.25) is 0 Å². The molecule has 0 radical (unpaired) electrons. The molecule has 94 valence electrons. The molecular formula is C14H13Cl2NO. The summed E-state index contributed by atoms with van der Waals surface area (Å²) in [6, 6.07) is 10.9. The molecule has 4 heteroatoms. The van der Waals surface area contributed by atoms with E-state index in [4.69, 9.17) is 23.2 Å². The molecule has 0 bridgehead atoms. The fourth-order valence-electron chi connectivity index (χ4n) is 1.72. The Bertz CT molecular complexity index is 570. The molecule has 2 aromatic carbocycles. The molecule has 2 aromatic rings. The Labute approximate surface area is 116 Å². The Morgan fingerprint density at radius 2 is 1.94 bits per heavy atom. The molecule has 0 saturated carbocycles. The van der Waals surface area contributed by atoms with E-state index in [9.17, 15) is 5.11 Å². The fraction of sp³-hybridized carbons (Fsp3) is 0.143. The average Bonchev–Trinajstić information content (AvgIpc) is 2.33. The SMILES string of the molecule is Cc1cc(Cl)ccc1NCc1cccc(Cl)c1O. The van der Waals surface area contributed by atoms with Crippen molar-refractivity contribution in [1.29, 1.82) is 0 Å². The van der Waals surface area contributed by atoms with Crippen molar-refractivity contribution in [2.24, 2.45) is 0 Å². The van der Waals surface area contributed by atoms with E-state index >= 15 is 0 Å². The van der Waals surface area contributed by atoms with Gasteiger partial charge in [0.1, 0.15) is 5.75 Å². The van der Waals surface area contributed by atoms with Crippen LogP contribution in [0.4, 0.5) is 5.69 Å². The molecule has 0 aliphatic rings. The van der Waals surface area contributed by atoms with Crippen LogP contribution in [0.2, 0.25) is 10.0 Å². The van der Waals surface area contributed by atoms with Gasteiger partial charge in [-0.05, 0) is 36.8 Å². The first-order valence-electron chi connectivity index (χ1n) is 5.54. The standard InChI is InChI=1S/C14H13Cl2NO/c1-9-7-11(15)5-6-13(9)17-8-10-3-2-4-12(16)14(10)18/h2-7,17-18H,8H2,1H3. The van der Waals surface area contributed by atoms with Gasteiger partial charge in [-0.2, -0.15) is 0 Å². The Morgan fingerprint density at radius 1 is 1.17 bits per heavy atom.